The summed E-state index contributed by atoms with van der Waals surface area (Å²) in [5, 5.41) is 4.55. The Bertz CT molecular complexity index is 2290. The SMILES string of the molecule is Nc1ccc(-c2ccc(N(c3ccc(F)cc3)c3ccc4c(c3)c3ccccc3n4-c3ccccc3)c3ccccc23)cc1. The molecule has 0 unspecified atom stereocenters. The molecule has 8 aromatic rings. The van der Waals surface area contributed by atoms with Crippen LogP contribution in [0.15, 0.2) is 158 Å². The van der Waals surface area contributed by atoms with E-state index < -0.39 is 0 Å². The van der Waals surface area contributed by atoms with Crippen LogP contribution in [0, 0.1) is 5.82 Å². The lowest BCUT2D eigenvalue weighted by Gasteiger charge is -2.27. The number of benzene rings is 7. The summed E-state index contributed by atoms with van der Waals surface area (Å²) in [6, 6.07) is 53.1. The molecule has 0 spiro atoms. The molecule has 0 amide bonds. The maximum absolute atomic E-state index is 14.2. The molecule has 0 radical (unpaired) electrons. The Kier molecular flexibility index (Phi) is 6.13. The molecule has 3 nitrogen and oxygen atoms in total. The summed E-state index contributed by atoms with van der Waals surface area (Å²) in [7, 11) is 0. The van der Waals surface area contributed by atoms with Crippen molar-refractivity contribution in [1.82, 2.24) is 4.57 Å². The van der Waals surface area contributed by atoms with Crippen LogP contribution in [-0.4, -0.2) is 4.57 Å². The van der Waals surface area contributed by atoms with Gasteiger partial charge in [0, 0.05) is 38.9 Å². The predicted molar refractivity (Wildman–Crippen MR) is 183 cm³/mol. The summed E-state index contributed by atoms with van der Waals surface area (Å²) in [5.41, 5.74) is 15.2. The highest BCUT2D eigenvalue weighted by atomic mass is 19.1. The molecule has 0 saturated heterocycles. The lowest BCUT2D eigenvalue weighted by molar-refractivity contribution is 0.628. The Morgan fingerprint density at radius 2 is 1.14 bits per heavy atom. The molecule has 210 valence electrons. The average molecular weight is 570 g/mol. The molecule has 0 saturated carbocycles. The third-order valence-corrected chi connectivity index (χ3v) is 8.38. The zero-order valence-corrected chi connectivity index (χ0v) is 23.9. The summed E-state index contributed by atoms with van der Waals surface area (Å²) in [5.74, 6) is -0.265. The van der Waals surface area contributed by atoms with E-state index >= 15 is 0 Å². The number of anilines is 4. The normalized spacial score (nSPS) is 11.4. The van der Waals surface area contributed by atoms with Crippen molar-refractivity contribution in [3.05, 3.63) is 164 Å². The van der Waals surface area contributed by atoms with Crippen molar-refractivity contribution in [2.75, 3.05) is 10.6 Å². The minimum absolute atomic E-state index is 0.265. The van der Waals surface area contributed by atoms with Crippen LogP contribution in [0.2, 0.25) is 0 Å². The van der Waals surface area contributed by atoms with Gasteiger partial charge in [-0.1, -0.05) is 78.9 Å². The van der Waals surface area contributed by atoms with Crippen molar-refractivity contribution in [3.8, 4) is 16.8 Å². The monoisotopic (exact) mass is 569 g/mol. The predicted octanol–water partition coefficient (Wildman–Crippen LogP) is 10.8. The van der Waals surface area contributed by atoms with E-state index in [9.17, 15) is 4.39 Å². The van der Waals surface area contributed by atoms with E-state index in [0.29, 0.717) is 0 Å². The smallest absolute Gasteiger partial charge is 0.123 e. The molecule has 0 aliphatic heterocycles. The van der Waals surface area contributed by atoms with Gasteiger partial charge in [0.25, 0.3) is 0 Å². The number of halogens is 1. The Morgan fingerprint density at radius 1 is 0.500 bits per heavy atom. The van der Waals surface area contributed by atoms with Crippen LogP contribution in [0.4, 0.5) is 27.1 Å². The van der Waals surface area contributed by atoms with Gasteiger partial charge in [-0.15, -0.1) is 0 Å². The van der Waals surface area contributed by atoms with Crippen LogP contribution in [-0.2, 0) is 0 Å². The van der Waals surface area contributed by atoms with Crippen LogP contribution in [0.1, 0.15) is 0 Å². The van der Waals surface area contributed by atoms with Crippen LogP contribution >= 0.6 is 0 Å². The van der Waals surface area contributed by atoms with E-state index in [-0.39, 0.29) is 5.82 Å². The lowest BCUT2D eigenvalue weighted by atomic mass is 9.96. The molecule has 7 aromatic carbocycles. The number of nitrogen functional groups attached to an aromatic ring is 1. The minimum atomic E-state index is -0.265. The fourth-order valence-electron chi connectivity index (χ4n) is 6.37. The van der Waals surface area contributed by atoms with Crippen molar-refractivity contribution in [3.63, 3.8) is 0 Å². The van der Waals surface area contributed by atoms with Gasteiger partial charge in [-0.2, -0.15) is 0 Å². The van der Waals surface area contributed by atoms with Gasteiger partial charge in [-0.3, -0.25) is 0 Å². The first kappa shape index (κ1) is 25.8. The summed E-state index contributed by atoms with van der Waals surface area (Å²) in [6.07, 6.45) is 0. The van der Waals surface area contributed by atoms with Crippen molar-refractivity contribution >= 4 is 55.3 Å². The summed E-state index contributed by atoms with van der Waals surface area (Å²) < 4.78 is 16.5. The highest BCUT2D eigenvalue weighted by Gasteiger charge is 2.20. The number of para-hydroxylation sites is 2. The third kappa shape index (κ3) is 4.27. The maximum atomic E-state index is 14.2. The summed E-state index contributed by atoms with van der Waals surface area (Å²) >= 11 is 0. The lowest BCUT2D eigenvalue weighted by Crippen LogP contribution is -2.10. The number of nitrogens with zero attached hydrogens (tertiary/aromatic N) is 2. The summed E-state index contributed by atoms with van der Waals surface area (Å²) in [6.45, 7) is 0. The standard InChI is InChI=1S/C40H28FN3/c41-28-16-20-31(21-17-28)43(39-25-23-33(27-14-18-29(42)19-15-27)34-10-4-5-11-35(34)39)32-22-24-40-37(26-32)36-12-6-7-13-38(36)44(40)30-8-2-1-3-9-30/h1-26H,42H2. The molecular weight excluding hydrogens is 541 g/mol. The molecule has 0 aliphatic rings. The van der Waals surface area contributed by atoms with Gasteiger partial charge in [0.1, 0.15) is 5.82 Å². The van der Waals surface area contributed by atoms with Crippen LogP contribution in [0.5, 0.6) is 0 Å². The van der Waals surface area contributed by atoms with E-state index in [4.69, 9.17) is 5.73 Å². The highest BCUT2D eigenvalue weighted by molar-refractivity contribution is 6.12. The van der Waals surface area contributed by atoms with Crippen LogP contribution in [0.25, 0.3) is 49.4 Å². The molecule has 4 heteroatoms. The number of hydrogen-bond donors (Lipinski definition) is 1. The average Bonchev–Trinajstić information content (AvgIpc) is 3.40. The number of nitrogens with two attached hydrogens (primary N) is 1. The van der Waals surface area contributed by atoms with E-state index in [1.54, 1.807) is 0 Å². The molecule has 44 heavy (non-hydrogen) atoms. The Balaban J connectivity index is 1.38. The van der Waals surface area contributed by atoms with Gasteiger partial charge in [0.2, 0.25) is 0 Å². The Hall–Kier alpha value is -5.87. The first-order chi connectivity index (χ1) is 21.7. The number of rotatable bonds is 5. The molecule has 0 aliphatic carbocycles. The molecule has 1 aromatic heterocycles. The zero-order chi connectivity index (χ0) is 29.6. The molecule has 0 bridgehead atoms. The highest BCUT2D eigenvalue weighted by Crippen LogP contribution is 2.44. The Morgan fingerprint density at radius 3 is 1.91 bits per heavy atom. The van der Waals surface area contributed by atoms with Crippen molar-refractivity contribution in [1.29, 1.82) is 0 Å². The first-order valence-corrected chi connectivity index (χ1v) is 14.7. The minimum Gasteiger partial charge on any atom is -0.399 e. The Labute approximate surface area is 254 Å². The van der Waals surface area contributed by atoms with Gasteiger partial charge in [0.05, 0.1) is 16.7 Å². The van der Waals surface area contributed by atoms with Gasteiger partial charge in [-0.05, 0) is 95.4 Å². The van der Waals surface area contributed by atoms with E-state index in [2.05, 4.69) is 125 Å². The second-order valence-electron chi connectivity index (χ2n) is 11.0. The van der Waals surface area contributed by atoms with Gasteiger partial charge in [0.15, 0.2) is 0 Å². The van der Waals surface area contributed by atoms with Gasteiger partial charge < -0.3 is 15.2 Å². The third-order valence-electron chi connectivity index (χ3n) is 8.38. The van der Waals surface area contributed by atoms with E-state index in [1.165, 1.54) is 17.5 Å². The molecule has 0 atom stereocenters. The first-order valence-electron chi connectivity index (χ1n) is 14.7. The number of fused-ring (bicyclic) bond motifs is 4. The molecule has 0 fully saturated rings. The van der Waals surface area contributed by atoms with Crippen molar-refractivity contribution < 1.29 is 4.39 Å². The second-order valence-corrected chi connectivity index (χ2v) is 11.0. The van der Waals surface area contributed by atoms with Crippen molar-refractivity contribution in [2.24, 2.45) is 0 Å². The quantitative estimate of drug-likeness (QED) is 0.209. The van der Waals surface area contributed by atoms with Crippen LogP contribution in [0.3, 0.4) is 0 Å². The number of hydrogen-bond acceptors (Lipinski definition) is 2. The zero-order valence-electron chi connectivity index (χ0n) is 23.9. The fourth-order valence-corrected chi connectivity index (χ4v) is 6.37. The second kappa shape index (κ2) is 10.4. The molecular formula is C40H28FN3. The fraction of sp³-hybridized carbons (Fsp3) is 0. The summed E-state index contributed by atoms with van der Waals surface area (Å²) in [4.78, 5) is 2.22. The molecule has 8 rings (SSSR count). The van der Waals surface area contributed by atoms with Gasteiger partial charge in [-0.25, -0.2) is 4.39 Å². The van der Waals surface area contributed by atoms with Gasteiger partial charge >= 0.3 is 0 Å². The topological polar surface area (TPSA) is 34.2 Å². The molecule has 1 heterocycles. The van der Waals surface area contributed by atoms with E-state index in [0.717, 1.165) is 66.8 Å². The maximum Gasteiger partial charge on any atom is 0.123 e. The van der Waals surface area contributed by atoms with Crippen molar-refractivity contribution in [2.45, 2.75) is 0 Å². The largest absolute Gasteiger partial charge is 0.399 e. The van der Waals surface area contributed by atoms with Crippen LogP contribution < -0.4 is 10.6 Å². The number of aromatic nitrogens is 1. The molecule has 2 N–H and O–H groups in total. The van der Waals surface area contributed by atoms with E-state index in [1.807, 2.05) is 30.3 Å².